The van der Waals surface area contributed by atoms with Crippen molar-refractivity contribution in [3.63, 3.8) is 0 Å². The molecule has 2 aliphatic heterocycles. The predicted octanol–water partition coefficient (Wildman–Crippen LogP) is 3.98. The Bertz CT molecular complexity index is 536. The molecule has 25 heavy (non-hydrogen) atoms. The molecule has 0 saturated carbocycles. The molecule has 5 heteroatoms. The Morgan fingerprint density at radius 3 is 2.68 bits per heavy atom. The van der Waals surface area contributed by atoms with Gasteiger partial charge in [0.2, 0.25) is 0 Å². The number of unbranched alkanes of at least 4 members (excludes halogenated alkanes) is 1. The summed E-state index contributed by atoms with van der Waals surface area (Å²) in [5.74, 6) is 2.55. The molecule has 0 aliphatic carbocycles. The molecule has 2 saturated heterocycles. The zero-order valence-corrected chi connectivity index (χ0v) is 15.5. The summed E-state index contributed by atoms with van der Waals surface area (Å²) in [6, 6.07) is 10.6. The van der Waals surface area contributed by atoms with E-state index in [9.17, 15) is 4.79 Å². The van der Waals surface area contributed by atoms with E-state index in [0.717, 1.165) is 31.0 Å². The van der Waals surface area contributed by atoms with Gasteiger partial charge in [0.05, 0.1) is 18.8 Å². The molecule has 1 N–H and O–H groups in total. The number of carbonyl (C=O) groups is 1. The fourth-order valence-corrected chi connectivity index (χ4v) is 5.20. The second-order valence-corrected chi connectivity index (χ2v) is 8.07. The third-order valence-electron chi connectivity index (χ3n) is 5.25. The average Bonchev–Trinajstić information content (AvgIpc) is 3.21. The van der Waals surface area contributed by atoms with Crippen molar-refractivity contribution in [3.8, 4) is 0 Å². The number of benzene rings is 1. The number of carboxylic acids is 1. The van der Waals surface area contributed by atoms with Gasteiger partial charge >= 0.3 is 5.97 Å². The SMILES string of the molecule is O=C(O)CCCCOC[C@@H]1[C@H](CSCc2ccccc2)[C@@H]2CC[C@H]1O2. The first-order valence-corrected chi connectivity index (χ1v) is 10.5. The van der Waals surface area contributed by atoms with Crippen LogP contribution in [0.5, 0.6) is 0 Å². The van der Waals surface area contributed by atoms with Crippen LogP contribution in [0, 0.1) is 11.8 Å². The molecule has 1 aromatic rings. The Kier molecular flexibility index (Phi) is 7.20. The zero-order chi connectivity index (χ0) is 17.5. The zero-order valence-electron chi connectivity index (χ0n) is 14.6. The molecule has 0 amide bonds. The number of hydrogen-bond acceptors (Lipinski definition) is 4. The lowest BCUT2D eigenvalue weighted by Crippen LogP contribution is -2.32. The van der Waals surface area contributed by atoms with Crippen LogP contribution in [0.1, 0.15) is 37.7 Å². The van der Waals surface area contributed by atoms with Crippen LogP contribution >= 0.6 is 11.8 Å². The van der Waals surface area contributed by atoms with Gasteiger partial charge in [0, 0.05) is 30.6 Å². The van der Waals surface area contributed by atoms with E-state index in [1.165, 1.54) is 12.0 Å². The number of carboxylic acid groups (broad SMARTS) is 1. The van der Waals surface area contributed by atoms with E-state index < -0.39 is 5.97 Å². The van der Waals surface area contributed by atoms with Crippen molar-refractivity contribution in [2.45, 2.75) is 50.1 Å². The number of aliphatic carboxylic acids is 1. The van der Waals surface area contributed by atoms with Crippen LogP contribution in [0.4, 0.5) is 0 Å². The van der Waals surface area contributed by atoms with Gasteiger partial charge in [0.25, 0.3) is 0 Å². The van der Waals surface area contributed by atoms with Gasteiger partial charge in [0.15, 0.2) is 0 Å². The highest BCUT2D eigenvalue weighted by Crippen LogP contribution is 2.45. The summed E-state index contributed by atoms with van der Waals surface area (Å²) in [5.41, 5.74) is 1.38. The lowest BCUT2D eigenvalue weighted by atomic mass is 9.81. The van der Waals surface area contributed by atoms with Gasteiger partial charge in [0.1, 0.15) is 0 Å². The Morgan fingerprint density at radius 2 is 1.92 bits per heavy atom. The van der Waals surface area contributed by atoms with E-state index in [1.54, 1.807) is 0 Å². The smallest absolute Gasteiger partial charge is 0.303 e. The monoisotopic (exact) mass is 364 g/mol. The minimum Gasteiger partial charge on any atom is -0.481 e. The summed E-state index contributed by atoms with van der Waals surface area (Å²) in [7, 11) is 0. The van der Waals surface area contributed by atoms with Gasteiger partial charge in [-0.2, -0.15) is 11.8 Å². The number of fused-ring (bicyclic) bond motifs is 2. The molecule has 2 heterocycles. The van der Waals surface area contributed by atoms with E-state index in [1.807, 2.05) is 11.8 Å². The Hall–Kier alpha value is -1.04. The molecule has 4 nitrogen and oxygen atoms in total. The number of ether oxygens (including phenoxy) is 2. The van der Waals surface area contributed by atoms with Crippen molar-refractivity contribution in [1.29, 1.82) is 0 Å². The Balaban J connectivity index is 1.38. The largest absolute Gasteiger partial charge is 0.481 e. The van der Waals surface area contributed by atoms with Crippen LogP contribution in [-0.4, -0.2) is 42.3 Å². The van der Waals surface area contributed by atoms with Crippen molar-refractivity contribution in [3.05, 3.63) is 35.9 Å². The summed E-state index contributed by atoms with van der Waals surface area (Å²) in [6.07, 6.45) is 4.88. The third kappa shape index (κ3) is 5.47. The average molecular weight is 365 g/mol. The maximum Gasteiger partial charge on any atom is 0.303 e. The molecule has 0 radical (unpaired) electrons. The van der Waals surface area contributed by atoms with E-state index in [4.69, 9.17) is 14.6 Å². The van der Waals surface area contributed by atoms with Crippen LogP contribution in [0.2, 0.25) is 0 Å². The van der Waals surface area contributed by atoms with Crippen molar-refractivity contribution in [2.24, 2.45) is 11.8 Å². The number of thioether (sulfide) groups is 1. The normalized spacial score (nSPS) is 27.7. The highest BCUT2D eigenvalue weighted by atomic mass is 32.2. The fraction of sp³-hybridized carbons (Fsp3) is 0.650. The van der Waals surface area contributed by atoms with Gasteiger partial charge in [-0.3, -0.25) is 4.79 Å². The molecule has 0 spiro atoms. The molecule has 0 aromatic heterocycles. The predicted molar refractivity (Wildman–Crippen MR) is 99.8 cm³/mol. The highest BCUT2D eigenvalue weighted by molar-refractivity contribution is 7.98. The maximum atomic E-state index is 10.5. The summed E-state index contributed by atoms with van der Waals surface area (Å²) in [5, 5.41) is 8.65. The quantitative estimate of drug-likeness (QED) is 0.602. The lowest BCUT2D eigenvalue weighted by Gasteiger charge is -2.27. The topological polar surface area (TPSA) is 55.8 Å². The van der Waals surface area contributed by atoms with Crippen LogP contribution < -0.4 is 0 Å². The molecule has 3 rings (SSSR count). The molecule has 0 unspecified atom stereocenters. The van der Waals surface area contributed by atoms with Gasteiger partial charge in [-0.25, -0.2) is 0 Å². The molecule has 2 aliphatic rings. The molecule has 138 valence electrons. The van der Waals surface area contributed by atoms with Crippen molar-refractivity contribution in [2.75, 3.05) is 19.0 Å². The van der Waals surface area contributed by atoms with Crippen molar-refractivity contribution >= 4 is 17.7 Å². The molecule has 4 atom stereocenters. The second kappa shape index (κ2) is 9.60. The number of hydrogen-bond donors (Lipinski definition) is 1. The second-order valence-electron chi connectivity index (χ2n) is 7.04. The molecule has 1 aromatic carbocycles. The van der Waals surface area contributed by atoms with Crippen LogP contribution in [0.15, 0.2) is 30.3 Å². The Labute approximate surface area is 154 Å². The Morgan fingerprint density at radius 1 is 1.16 bits per heavy atom. The minimum atomic E-state index is -0.725. The summed E-state index contributed by atoms with van der Waals surface area (Å²) in [6.45, 7) is 1.41. The van der Waals surface area contributed by atoms with Crippen LogP contribution in [0.25, 0.3) is 0 Å². The number of rotatable bonds is 11. The standard InChI is InChI=1S/C20H28O4S/c21-20(22)8-4-5-11-23-12-16-17(19-10-9-18(16)24-19)14-25-13-15-6-2-1-3-7-15/h1-3,6-7,16-19H,4-5,8-14H2,(H,21,22)/t16-,17+,18-,19+/m1/s1. The van der Waals surface area contributed by atoms with Gasteiger partial charge in [-0.1, -0.05) is 30.3 Å². The van der Waals surface area contributed by atoms with Crippen LogP contribution in [-0.2, 0) is 20.0 Å². The minimum absolute atomic E-state index is 0.235. The fourth-order valence-electron chi connectivity index (χ4n) is 3.92. The van der Waals surface area contributed by atoms with E-state index in [2.05, 4.69) is 30.3 Å². The van der Waals surface area contributed by atoms with Gasteiger partial charge in [-0.15, -0.1) is 0 Å². The molecular formula is C20H28O4S. The summed E-state index contributed by atoms with van der Waals surface area (Å²) < 4.78 is 12.0. The molecule has 2 fully saturated rings. The first-order valence-electron chi connectivity index (χ1n) is 9.30. The van der Waals surface area contributed by atoms with E-state index >= 15 is 0 Å². The first kappa shape index (κ1) is 18.7. The highest BCUT2D eigenvalue weighted by Gasteiger charge is 2.48. The van der Waals surface area contributed by atoms with Gasteiger partial charge in [-0.05, 0) is 37.0 Å². The molecule has 2 bridgehead atoms. The van der Waals surface area contributed by atoms with Crippen LogP contribution in [0.3, 0.4) is 0 Å². The molecular weight excluding hydrogens is 336 g/mol. The maximum absolute atomic E-state index is 10.5. The summed E-state index contributed by atoms with van der Waals surface area (Å²) >= 11 is 2.00. The first-order chi connectivity index (χ1) is 12.2. The summed E-state index contributed by atoms with van der Waals surface area (Å²) in [4.78, 5) is 10.5. The lowest BCUT2D eigenvalue weighted by molar-refractivity contribution is -0.137. The van der Waals surface area contributed by atoms with Crippen molar-refractivity contribution < 1.29 is 19.4 Å². The van der Waals surface area contributed by atoms with Gasteiger partial charge < -0.3 is 14.6 Å². The third-order valence-corrected chi connectivity index (χ3v) is 6.41. The van der Waals surface area contributed by atoms with E-state index in [-0.39, 0.29) is 6.42 Å². The van der Waals surface area contributed by atoms with Crippen molar-refractivity contribution in [1.82, 2.24) is 0 Å². The van der Waals surface area contributed by atoms with E-state index in [0.29, 0.717) is 37.1 Å².